The van der Waals surface area contributed by atoms with E-state index in [0.717, 1.165) is 33.6 Å². The number of carbonyl (C=O) groups is 1. The van der Waals surface area contributed by atoms with Crippen LogP contribution in [0.15, 0.2) is 48.3 Å². The molecule has 0 atom stereocenters. The molecule has 4 rings (SSSR count). The maximum Gasteiger partial charge on any atom is 0.249 e. The average Bonchev–Trinajstić information content (AvgIpc) is 2.96. The Balaban J connectivity index is 1.53. The van der Waals surface area contributed by atoms with Gasteiger partial charge in [-0.05, 0) is 29.8 Å². The molecule has 2 aromatic heterocycles. The van der Waals surface area contributed by atoms with Gasteiger partial charge >= 0.3 is 0 Å². The molecule has 0 unspecified atom stereocenters. The lowest BCUT2D eigenvalue weighted by Crippen LogP contribution is -2.27. The van der Waals surface area contributed by atoms with Crippen molar-refractivity contribution < 1.29 is 9.53 Å². The second-order valence-corrected chi connectivity index (χ2v) is 5.88. The Labute approximate surface area is 144 Å². The van der Waals surface area contributed by atoms with Gasteiger partial charge in [0.1, 0.15) is 11.4 Å². The highest BCUT2D eigenvalue weighted by Crippen LogP contribution is 2.29. The van der Waals surface area contributed by atoms with Crippen molar-refractivity contribution in [3.8, 4) is 5.75 Å². The van der Waals surface area contributed by atoms with Crippen molar-refractivity contribution in [1.82, 2.24) is 15.3 Å². The van der Waals surface area contributed by atoms with Gasteiger partial charge in [0.15, 0.2) is 0 Å². The standard InChI is InChI=1S/C19H18N4O2/c1-25-15-4-2-3-12(7-15)9-23-19(24)14-8-13-10-22-18-17(13)16(21-11-14)5-6-20-18/h2-8,10,21H,9,11H2,1H3,(H,20,22)(H,23,24). The lowest BCUT2D eigenvalue weighted by atomic mass is 10.1. The van der Waals surface area contributed by atoms with Gasteiger partial charge in [-0.3, -0.25) is 4.79 Å². The number of aromatic amines is 1. The number of nitrogens with zero attached hydrogens (tertiary/aromatic N) is 1. The van der Waals surface area contributed by atoms with Crippen molar-refractivity contribution in [2.75, 3.05) is 19.0 Å². The number of methoxy groups -OCH3 is 1. The summed E-state index contributed by atoms with van der Waals surface area (Å²) in [5.41, 5.74) is 4.43. The van der Waals surface area contributed by atoms with E-state index in [1.54, 1.807) is 13.3 Å². The van der Waals surface area contributed by atoms with Crippen LogP contribution in [0.25, 0.3) is 17.1 Å². The Hall–Kier alpha value is -3.28. The zero-order chi connectivity index (χ0) is 17.2. The van der Waals surface area contributed by atoms with E-state index >= 15 is 0 Å². The molecule has 3 heterocycles. The molecule has 1 aromatic carbocycles. The van der Waals surface area contributed by atoms with Gasteiger partial charge in [0.2, 0.25) is 5.91 Å². The number of benzene rings is 1. The molecule has 0 spiro atoms. The minimum atomic E-state index is -0.0922. The van der Waals surface area contributed by atoms with E-state index in [4.69, 9.17) is 4.74 Å². The van der Waals surface area contributed by atoms with Crippen LogP contribution in [0.2, 0.25) is 0 Å². The number of anilines is 1. The minimum absolute atomic E-state index is 0.0922. The van der Waals surface area contributed by atoms with E-state index in [1.807, 2.05) is 42.6 Å². The molecule has 0 aliphatic carbocycles. The average molecular weight is 334 g/mol. The number of H-pyrrole nitrogens is 1. The summed E-state index contributed by atoms with van der Waals surface area (Å²) in [4.78, 5) is 20.0. The number of hydrogen-bond acceptors (Lipinski definition) is 4. The highest BCUT2D eigenvalue weighted by Gasteiger charge is 2.17. The van der Waals surface area contributed by atoms with Gasteiger partial charge in [0.05, 0.1) is 7.11 Å². The number of carbonyl (C=O) groups excluding carboxylic acids is 1. The van der Waals surface area contributed by atoms with Crippen LogP contribution in [0, 0.1) is 0 Å². The van der Waals surface area contributed by atoms with Crippen LogP contribution in [0.1, 0.15) is 11.1 Å². The highest BCUT2D eigenvalue weighted by atomic mass is 16.5. The molecule has 1 amide bonds. The van der Waals surface area contributed by atoms with Crippen LogP contribution in [0.4, 0.5) is 5.69 Å². The summed E-state index contributed by atoms with van der Waals surface area (Å²) in [6.07, 6.45) is 5.53. The van der Waals surface area contributed by atoms with Gasteiger partial charge < -0.3 is 20.4 Å². The first-order valence-corrected chi connectivity index (χ1v) is 8.06. The number of ether oxygens (including phenoxy) is 1. The fourth-order valence-corrected chi connectivity index (χ4v) is 3.00. The van der Waals surface area contributed by atoms with E-state index in [2.05, 4.69) is 20.6 Å². The third-order valence-electron chi connectivity index (χ3n) is 4.28. The van der Waals surface area contributed by atoms with Crippen LogP contribution >= 0.6 is 0 Å². The number of rotatable bonds is 4. The molecule has 0 saturated heterocycles. The Bertz CT molecular complexity index is 974. The molecular formula is C19H18N4O2. The van der Waals surface area contributed by atoms with Gasteiger partial charge in [0.25, 0.3) is 0 Å². The fourth-order valence-electron chi connectivity index (χ4n) is 3.00. The second-order valence-electron chi connectivity index (χ2n) is 5.88. The first kappa shape index (κ1) is 15.3. The molecule has 0 radical (unpaired) electrons. The lowest BCUT2D eigenvalue weighted by molar-refractivity contribution is -0.117. The molecular weight excluding hydrogens is 316 g/mol. The van der Waals surface area contributed by atoms with Crippen molar-refractivity contribution in [3.05, 3.63) is 59.4 Å². The van der Waals surface area contributed by atoms with Crippen molar-refractivity contribution in [1.29, 1.82) is 0 Å². The Morgan fingerprint density at radius 3 is 3.16 bits per heavy atom. The first-order valence-electron chi connectivity index (χ1n) is 8.06. The highest BCUT2D eigenvalue weighted by molar-refractivity contribution is 6.05. The molecule has 1 aliphatic rings. The molecule has 1 aliphatic heterocycles. The normalized spacial score (nSPS) is 12.9. The van der Waals surface area contributed by atoms with E-state index < -0.39 is 0 Å². The summed E-state index contributed by atoms with van der Waals surface area (Å²) in [6, 6.07) is 9.58. The van der Waals surface area contributed by atoms with Crippen molar-refractivity contribution in [3.63, 3.8) is 0 Å². The Kier molecular flexibility index (Phi) is 3.85. The molecule has 3 aromatic rings. The van der Waals surface area contributed by atoms with E-state index in [-0.39, 0.29) is 5.91 Å². The number of amides is 1. The predicted octanol–water partition coefficient (Wildman–Crippen LogP) is 2.70. The van der Waals surface area contributed by atoms with Crippen molar-refractivity contribution in [2.45, 2.75) is 6.54 Å². The maximum atomic E-state index is 12.6. The quantitative estimate of drug-likeness (QED) is 0.685. The monoisotopic (exact) mass is 334 g/mol. The maximum absolute atomic E-state index is 12.6. The summed E-state index contributed by atoms with van der Waals surface area (Å²) < 4.78 is 5.21. The Morgan fingerprint density at radius 2 is 2.28 bits per heavy atom. The van der Waals surface area contributed by atoms with Gasteiger partial charge in [-0.2, -0.15) is 0 Å². The van der Waals surface area contributed by atoms with Gasteiger partial charge in [0, 0.05) is 47.7 Å². The largest absolute Gasteiger partial charge is 0.497 e. The first-order chi connectivity index (χ1) is 12.2. The third-order valence-corrected chi connectivity index (χ3v) is 4.28. The molecule has 25 heavy (non-hydrogen) atoms. The van der Waals surface area contributed by atoms with Crippen LogP contribution in [0.5, 0.6) is 5.75 Å². The zero-order valence-electron chi connectivity index (χ0n) is 13.8. The molecule has 6 heteroatoms. The topological polar surface area (TPSA) is 79.0 Å². The number of aromatic nitrogens is 2. The molecule has 6 nitrogen and oxygen atoms in total. The Morgan fingerprint density at radius 1 is 1.36 bits per heavy atom. The van der Waals surface area contributed by atoms with E-state index in [0.29, 0.717) is 18.7 Å². The van der Waals surface area contributed by atoms with Gasteiger partial charge in [-0.1, -0.05) is 12.1 Å². The smallest absolute Gasteiger partial charge is 0.249 e. The molecule has 0 fully saturated rings. The molecule has 3 N–H and O–H groups in total. The second kappa shape index (κ2) is 6.32. The molecule has 126 valence electrons. The fraction of sp³-hybridized carbons (Fsp3) is 0.158. The summed E-state index contributed by atoms with van der Waals surface area (Å²) >= 11 is 0. The summed E-state index contributed by atoms with van der Waals surface area (Å²) in [7, 11) is 1.63. The van der Waals surface area contributed by atoms with E-state index in [9.17, 15) is 4.79 Å². The SMILES string of the molecule is COc1cccc(CNC(=O)C2=Cc3c[nH]c4nccc(c34)NC2)c1. The summed E-state index contributed by atoms with van der Waals surface area (Å²) in [6.45, 7) is 0.919. The number of hydrogen-bond donors (Lipinski definition) is 3. The summed E-state index contributed by atoms with van der Waals surface area (Å²) in [5.74, 6) is 0.685. The number of pyridine rings is 1. The predicted molar refractivity (Wildman–Crippen MR) is 97.4 cm³/mol. The summed E-state index contributed by atoms with van der Waals surface area (Å²) in [5, 5.41) is 7.30. The van der Waals surface area contributed by atoms with Gasteiger partial charge in [-0.25, -0.2) is 4.98 Å². The van der Waals surface area contributed by atoms with E-state index in [1.165, 1.54) is 0 Å². The van der Waals surface area contributed by atoms with Crippen LogP contribution in [-0.4, -0.2) is 29.5 Å². The molecule has 0 bridgehead atoms. The van der Waals surface area contributed by atoms with Gasteiger partial charge in [-0.15, -0.1) is 0 Å². The lowest BCUT2D eigenvalue weighted by Gasteiger charge is -2.10. The zero-order valence-corrected chi connectivity index (χ0v) is 13.8. The third kappa shape index (κ3) is 2.94. The number of nitrogens with one attached hydrogen (secondary N) is 3. The van der Waals surface area contributed by atoms with Crippen LogP contribution in [-0.2, 0) is 11.3 Å². The van der Waals surface area contributed by atoms with Crippen LogP contribution in [0.3, 0.4) is 0 Å². The van der Waals surface area contributed by atoms with Crippen molar-refractivity contribution >= 4 is 28.7 Å². The molecule has 0 saturated carbocycles. The van der Waals surface area contributed by atoms with Crippen LogP contribution < -0.4 is 15.4 Å². The van der Waals surface area contributed by atoms with Crippen molar-refractivity contribution in [2.24, 2.45) is 0 Å². The minimum Gasteiger partial charge on any atom is -0.497 e.